The van der Waals surface area contributed by atoms with Crippen LogP contribution in [-0.4, -0.2) is 6.61 Å². The molecule has 2 heteroatoms. The van der Waals surface area contributed by atoms with E-state index in [9.17, 15) is 4.39 Å². The van der Waals surface area contributed by atoms with E-state index in [0.29, 0.717) is 18.3 Å². The van der Waals surface area contributed by atoms with Gasteiger partial charge in [0.2, 0.25) is 0 Å². The van der Waals surface area contributed by atoms with Gasteiger partial charge in [0, 0.05) is 0 Å². The molecule has 2 aromatic carbocycles. The first-order chi connectivity index (χ1) is 14.2. The van der Waals surface area contributed by atoms with Crippen molar-refractivity contribution in [2.75, 3.05) is 6.61 Å². The molecule has 0 saturated heterocycles. The van der Waals surface area contributed by atoms with Crippen LogP contribution in [0.1, 0.15) is 84.1 Å². The third-order valence-electron chi connectivity index (χ3n) is 5.81. The minimum atomic E-state index is -0.271. The van der Waals surface area contributed by atoms with Gasteiger partial charge in [-0.15, -0.1) is 0 Å². The van der Waals surface area contributed by atoms with Crippen LogP contribution >= 0.6 is 0 Å². The predicted molar refractivity (Wildman–Crippen MR) is 123 cm³/mol. The molecule has 0 aliphatic carbocycles. The zero-order chi connectivity index (χ0) is 20.9. The van der Waals surface area contributed by atoms with E-state index in [2.05, 4.69) is 45.0 Å². The summed E-state index contributed by atoms with van der Waals surface area (Å²) < 4.78 is 20.4. The number of rotatable bonds is 14. The zero-order valence-electron chi connectivity index (χ0n) is 18.7. The van der Waals surface area contributed by atoms with Crippen LogP contribution in [0, 0.1) is 11.7 Å². The van der Waals surface area contributed by atoms with Gasteiger partial charge < -0.3 is 4.74 Å². The molecule has 29 heavy (non-hydrogen) atoms. The Morgan fingerprint density at radius 2 is 1.48 bits per heavy atom. The summed E-state index contributed by atoms with van der Waals surface area (Å²) in [5, 5.41) is 0. The number of ether oxygens (including phenoxy) is 1. The summed E-state index contributed by atoms with van der Waals surface area (Å²) in [5.74, 6) is 0.601. The Morgan fingerprint density at radius 3 is 2.14 bits per heavy atom. The van der Waals surface area contributed by atoms with Gasteiger partial charge in [-0.2, -0.15) is 0 Å². The molecule has 1 unspecified atom stereocenters. The van der Waals surface area contributed by atoms with Gasteiger partial charge in [0.1, 0.15) is 0 Å². The summed E-state index contributed by atoms with van der Waals surface area (Å²) in [6.07, 6.45) is 12.3. The SMILES string of the molecule is CCCCCCCc1ccc(-c2ccc(OCC(CC)CCCC)c(F)c2)cc1. The smallest absolute Gasteiger partial charge is 0.165 e. The van der Waals surface area contributed by atoms with Crippen LogP contribution in [0.4, 0.5) is 4.39 Å². The van der Waals surface area contributed by atoms with Gasteiger partial charge >= 0.3 is 0 Å². The second kappa shape index (κ2) is 13.4. The van der Waals surface area contributed by atoms with Gasteiger partial charge in [-0.25, -0.2) is 4.39 Å². The molecular formula is C27H39FO. The number of benzene rings is 2. The van der Waals surface area contributed by atoms with Crippen LogP contribution in [-0.2, 0) is 6.42 Å². The van der Waals surface area contributed by atoms with Crippen LogP contribution in [0.2, 0.25) is 0 Å². The standard InChI is InChI=1S/C27H39FO/c1-4-7-9-10-11-13-23-14-16-24(17-15-23)25-18-19-27(26(28)20-25)29-21-22(6-3)12-8-5-2/h14-20,22H,4-13,21H2,1-3H3. The van der Waals surface area contributed by atoms with Crippen molar-refractivity contribution in [1.82, 2.24) is 0 Å². The molecule has 0 radical (unpaired) electrons. The predicted octanol–water partition coefficient (Wildman–Crippen LogP) is 8.60. The van der Waals surface area contributed by atoms with E-state index in [1.54, 1.807) is 12.1 Å². The fourth-order valence-electron chi connectivity index (χ4n) is 3.70. The highest BCUT2D eigenvalue weighted by atomic mass is 19.1. The van der Waals surface area contributed by atoms with Crippen molar-refractivity contribution in [3.63, 3.8) is 0 Å². The minimum Gasteiger partial charge on any atom is -0.490 e. The van der Waals surface area contributed by atoms with Crippen LogP contribution in [0.25, 0.3) is 11.1 Å². The summed E-state index contributed by atoms with van der Waals surface area (Å²) in [5.41, 5.74) is 3.32. The Hall–Kier alpha value is -1.83. The molecular weight excluding hydrogens is 359 g/mol. The maximum atomic E-state index is 14.6. The molecule has 0 aliphatic rings. The van der Waals surface area contributed by atoms with Gasteiger partial charge in [-0.3, -0.25) is 0 Å². The molecule has 0 amide bonds. The van der Waals surface area contributed by atoms with E-state index < -0.39 is 0 Å². The topological polar surface area (TPSA) is 9.23 Å². The summed E-state index contributed by atoms with van der Waals surface area (Å²) in [6, 6.07) is 13.9. The molecule has 0 heterocycles. The first kappa shape index (κ1) is 23.4. The van der Waals surface area contributed by atoms with Crippen LogP contribution in [0.5, 0.6) is 5.75 Å². The van der Waals surface area contributed by atoms with Crippen molar-refractivity contribution in [3.8, 4) is 16.9 Å². The average Bonchev–Trinajstić information content (AvgIpc) is 2.75. The van der Waals surface area contributed by atoms with Crippen LogP contribution in [0.3, 0.4) is 0 Å². The Balaban J connectivity index is 1.90. The molecule has 2 rings (SSSR count). The van der Waals surface area contributed by atoms with Gasteiger partial charge in [0.05, 0.1) is 6.61 Å². The maximum absolute atomic E-state index is 14.6. The Morgan fingerprint density at radius 1 is 0.793 bits per heavy atom. The second-order valence-corrected chi connectivity index (χ2v) is 8.23. The van der Waals surface area contributed by atoms with Crippen LogP contribution in [0.15, 0.2) is 42.5 Å². The van der Waals surface area contributed by atoms with Crippen molar-refractivity contribution in [1.29, 1.82) is 0 Å². The molecule has 1 nitrogen and oxygen atoms in total. The summed E-state index contributed by atoms with van der Waals surface area (Å²) in [6.45, 7) is 7.22. The highest BCUT2D eigenvalue weighted by Gasteiger charge is 2.11. The summed E-state index contributed by atoms with van der Waals surface area (Å²) in [4.78, 5) is 0. The van der Waals surface area contributed by atoms with E-state index in [1.165, 1.54) is 50.5 Å². The largest absolute Gasteiger partial charge is 0.490 e. The van der Waals surface area contributed by atoms with E-state index in [0.717, 1.165) is 30.4 Å². The monoisotopic (exact) mass is 398 g/mol. The highest BCUT2D eigenvalue weighted by molar-refractivity contribution is 5.64. The Labute approximate surface area is 177 Å². The van der Waals surface area contributed by atoms with Crippen molar-refractivity contribution < 1.29 is 9.13 Å². The molecule has 160 valence electrons. The number of hydrogen-bond acceptors (Lipinski definition) is 1. The van der Waals surface area contributed by atoms with E-state index in [-0.39, 0.29) is 5.82 Å². The Bertz CT molecular complexity index is 692. The first-order valence-electron chi connectivity index (χ1n) is 11.7. The van der Waals surface area contributed by atoms with Gasteiger partial charge in [0.25, 0.3) is 0 Å². The van der Waals surface area contributed by atoms with Gasteiger partial charge in [0.15, 0.2) is 11.6 Å². The molecule has 1 atom stereocenters. The highest BCUT2D eigenvalue weighted by Crippen LogP contribution is 2.27. The first-order valence-corrected chi connectivity index (χ1v) is 11.7. The lowest BCUT2D eigenvalue weighted by molar-refractivity contribution is 0.225. The maximum Gasteiger partial charge on any atom is 0.165 e. The molecule has 2 aromatic rings. The summed E-state index contributed by atoms with van der Waals surface area (Å²) in [7, 11) is 0. The van der Waals surface area contributed by atoms with Gasteiger partial charge in [-0.1, -0.05) is 96.0 Å². The molecule has 0 saturated carbocycles. The number of unbranched alkanes of at least 4 members (excludes halogenated alkanes) is 5. The van der Waals surface area contributed by atoms with Gasteiger partial charge in [-0.05, 0) is 54.0 Å². The van der Waals surface area contributed by atoms with E-state index in [4.69, 9.17) is 4.74 Å². The lowest BCUT2D eigenvalue weighted by atomic mass is 10.00. The van der Waals surface area contributed by atoms with Crippen molar-refractivity contribution in [3.05, 3.63) is 53.8 Å². The van der Waals surface area contributed by atoms with Crippen molar-refractivity contribution in [2.24, 2.45) is 5.92 Å². The molecule has 0 aliphatic heterocycles. The summed E-state index contributed by atoms with van der Waals surface area (Å²) >= 11 is 0. The Kier molecular flexibility index (Phi) is 10.8. The van der Waals surface area contributed by atoms with Crippen molar-refractivity contribution in [2.45, 2.75) is 85.0 Å². The van der Waals surface area contributed by atoms with E-state index in [1.807, 2.05) is 6.07 Å². The van der Waals surface area contributed by atoms with E-state index >= 15 is 0 Å². The molecule has 0 aromatic heterocycles. The fourth-order valence-corrected chi connectivity index (χ4v) is 3.70. The lowest BCUT2D eigenvalue weighted by Gasteiger charge is -2.16. The second-order valence-electron chi connectivity index (χ2n) is 8.23. The molecule has 0 fully saturated rings. The number of aryl methyl sites for hydroxylation is 1. The third kappa shape index (κ3) is 8.20. The quantitative estimate of drug-likeness (QED) is 0.289. The number of halogens is 1. The van der Waals surface area contributed by atoms with Crippen LogP contribution < -0.4 is 4.74 Å². The zero-order valence-corrected chi connectivity index (χ0v) is 18.7. The lowest BCUT2D eigenvalue weighted by Crippen LogP contribution is -2.12. The van der Waals surface area contributed by atoms with Crippen molar-refractivity contribution >= 4 is 0 Å². The number of hydrogen-bond donors (Lipinski definition) is 0. The molecule has 0 bridgehead atoms. The average molecular weight is 399 g/mol. The minimum absolute atomic E-state index is 0.271. The third-order valence-corrected chi connectivity index (χ3v) is 5.81. The normalized spacial score (nSPS) is 12.1. The fraction of sp³-hybridized carbons (Fsp3) is 0.556. The molecule has 0 spiro atoms. The molecule has 0 N–H and O–H groups in total.